The van der Waals surface area contributed by atoms with Crippen molar-refractivity contribution in [3.63, 3.8) is 0 Å². The van der Waals surface area contributed by atoms with E-state index >= 15 is 0 Å². The van der Waals surface area contributed by atoms with Crippen LogP contribution in [0.1, 0.15) is 35.1 Å². The van der Waals surface area contributed by atoms with Gasteiger partial charge in [0.2, 0.25) is 0 Å². The third-order valence-corrected chi connectivity index (χ3v) is 6.82. The van der Waals surface area contributed by atoms with Crippen LogP contribution in [0.15, 0.2) is 47.3 Å². The molecular formula is C19H17N5OS2. The van der Waals surface area contributed by atoms with E-state index in [9.17, 15) is 4.79 Å². The molecule has 136 valence electrons. The summed E-state index contributed by atoms with van der Waals surface area (Å²) in [5.41, 5.74) is 1.42. The Bertz CT molecular complexity index is 1080. The van der Waals surface area contributed by atoms with Crippen molar-refractivity contribution in [3.8, 4) is 9.88 Å². The molecule has 8 heteroatoms. The summed E-state index contributed by atoms with van der Waals surface area (Å²) in [4.78, 5) is 20.4. The second-order valence-electron chi connectivity index (χ2n) is 6.57. The summed E-state index contributed by atoms with van der Waals surface area (Å²) >= 11 is 3.17. The van der Waals surface area contributed by atoms with Crippen molar-refractivity contribution in [2.75, 3.05) is 13.1 Å². The lowest BCUT2D eigenvalue weighted by atomic mass is 9.96. The van der Waals surface area contributed by atoms with Gasteiger partial charge in [-0.05, 0) is 36.4 Å². The molecule has 1 aliphatic rings. The van der Waals surface area contributed by atoms with E-state index in [4.69, 9.17) is 0 Å². The van der Waals surface area contributed by atoms with Crippen molar-refractivity contribution in [2.45, 2.75) is 18.8 Å². The first-order valence-electron chi connectivity index (χ1n) is 8.88. The van der Waals surface area contributed by atoms with Crippen molar-refractivity contribution in [3.05, 3.63) is 58.8 Å². The average molecular weight is 396 g/mol. The number of likely N-dealkylation sites (tertiary alicyclic amines) is 1. The zero-order valence-electron chi connectivity index (χ0n) is 14.5. The summed E-state index contributed by atoms with van der Waals surface area (Å²) in [6, 6.07) is 9.95. The van der Waals surface area contributed by atoms with E-state index in [1.165, 1.54) is 11.3 Å². The molecular weight excluding hydrogens is 378 g/mol. The Kier molecular flexibility index (Phi) is 4.21. The van der Waals surface area contributed by atoms with Gasteiger partial charge >= 0.3 is 0 Å². The van der Waals surface area contributed by atoms with E-state index in [0.717, 1.165) is 47.3 Å². The minimum Gasteiger partial charge on any atom is -0.337 e. The summed E-state index contributed by atoms with van der Waals surface area (Å²) in [7, 11) is 0. The van der Waals surface area contributed by atoms with Gasteiger partial charge < -0.3 is 4.90 Å². The maximum Gasteiger partial charge on any atom is 0.273 e. The molecule has 0 aliphatic carbocycles. The molecule has 5 heterocycles. The normalized spacial score (nSPS) is 15.5. The Balaban J connectivity index is 1.28. The number of hydrogen-bond acceptors (Lipinski definition) is 6. The minimum atomic E-state index is 0.0265. The third-order valence-electron chi connectivity index (χ3n) is 4.94. The highest BCUT2D eigenvalue weighted by atomic mass is 32.1. The Morgan fingerprint density at radius 3 is 2.78 bits per heavy atom. The maximum absolute atomic E-state index is 12.8. The largest absolute Gasteiger partial charge is 0.337 e. The fourth-order valence-electron chi connectivity index (χ4n) is 3.53. The van der Waals surface area contributed by atoms with Crippen LogP contribution in [0.3, 0.4) is 0 Å². The van der Waals surface area contributed by atoms with Gasteiger partial charge in [0.15, 0.2) is 5.65 Å². The first-order chi connectivity index (χ1) is 13.3. The summed E-state index contributed by atoms with van der Waals surface area (Å²) in [6.07, 6.45) is 3.79. The van der Waals surface area contributed by atoms with Crippen molar-refractivity contribution in [2.24, 2.45) is 0 Å². The monoisotopic (exact) mass is 395 g/mol. The summed E-state index contributed by atoms with van der Waals surface area (Å²) < 4.78 is 2.05. The van der Waals surface area contributed by atoms with Gasteiger partial charge in [0.25, 0.3) is 5.91 Å². The van der Waals surface area contributed by atoms with Crippen LogP contribution in [0.25, 0.3) is 15.5 Å². The van der Waals surface area contributed by atoms with E-state index in [-0.39, 0.29) is 5.91 Å². The quantitative estimate of drug-likeness (QED) is 0.527. The number of nitrogens with zero attached hydrogens (tertiary/aromatic N) is 5. The molecule has 0 unspecified atom stereocenters. The Morgan fingerprint density at radius 1 is 1.07 bits per heavy atom. The minimum absolute atomic E-state index is 0.0265. The van der Waals surface area contributed by atoms with Gasteiger partial charge in [-0.25, -0.2) is 4.98 Å². The lowest BCUT2D eigenvalue weighted by Gasteiger charge is -2.30. The fraction of sp³-hybridized carbons (Fsp3) is 0.263. The highest BCUT2D eigenvalue weighted by Gasteiger charge is 2.28. The molecule has 27 heavy (non-hydrogen) atoms. The van der Waals surface area contributed by atoms with Crippen LogP contribution in [0, 0.1) is 0 Å². The second-order valence-corrected chi connectivity index (χ2v) is 8.37. The number of rotatable bonds is 3. The van der Waals surface area contributed by atoms with E-state index in [2.05, 4.69) is 19.6 Å². The number of pyridine rings is 1. The lowest BCUT2D eigenvalue weighted by Crippen LogP contribution is -2.38. The summed E-state index contributed by atoms with van der Waals surface area (Å²) in [5.74, 6) is 1.34. The van der Waals surface area contributed by atoms with Crippen LogP contribution < -0.4 is 0 Å². The predicted octanol–water partition coefficient (Wildman–Crippen LogP) is 3.93. The summed E-state index contributed by atoms with van der Waals surface area (Å²) in [5, 5.41) is 13.4. The number of fused-ring (bicyclic) bond motifs is 1. The van der Waals surface area contributed by atoms with E-state index in [1.54, 1.807) is 11.3 Å². The fourth-order valence-corrected chi connectivity index (χ4v) is 5.13. The van der Waals surface area contributed by atoms with Crippen molar-refractivity contribution in [1.82, 2.24) is 24.5 Å². The Labute approximate surface area is 164 Å². The number of carbonyl (C=O) groups excluding carboxylic acids is 1. The molecule has 5 rings (SSSR count). The average Bonchev–Trinajstić information content (AvgIpc) is 3.47. The molecule has 6 nitrogen and oxygen atoms in total. The molecule has 4 aromatic heterocycles. The van der Waals surface area contributed by atoms with Crippen molar-refractivity contribution >= 4 is 34.2 Å². The van der Waals surface area contributed by atoms with E-state index < -0.39 is 0 Å². The number of piperidine rings is 1. The van der Waals surface area contributed by atoms with Crippen LogP contribution in [0.2, 0.25) is 0 Å². The summed E-state index contributed by atoms with van der Waals surface area (Å²) in [6.45, 7) is 1.44. The highest BCUT2D eigenvalue weighted by Crippen LogP contribution is 2.30. The highest BCUT2D eigenvalue weighted by molar-refractivity contribution is 7.20. The molecule has 0 radical (unpaired) electrons. The number of thiazole rings is 1. The van der Waals surface area contributed by atoms with Crippen LogP contribution in [-0.4, -0.2) is 43.5 Å². The number of amides is 1. The molecule has 1 saturated heterocycles. The SMILES string of the molecule is O=C(c1csc(-c2cccs2)n1)N1CCC(c2nnc3ccccn23)CC1. The van der Waals surface area contributed by atoms with Crippen molar-refractivity contribution < 1.29 is 4.79 Å². The molecule has 0 aromatic carbocycles. The maximum atomic E-state index is 12.8. The standard InChI is InChI=1S/C19H17N5OS2/c25-19(14-12-27-18(20-14)15-4-3-11-26-15)23-9-6-13(7-10-23)17-22-21-16-5-1-2-8-24(16)17/h1-5,8,11-13H,6-7,9-10H2. The molecule has 4 aromatic rings. The van der Waals surface area contributed by atoms with Crippen LogP contribution in [-0.2, 0) is 0 Å². The van der Waals surface area contributed by atoms with Gasteiger partial charge in [0.05, 0.1) is 4.88 Å². The van der Waals surface area contributed by atoms with Gasteiger partial charge in [-0.3, -0.25) is 9.20 Å². The topological polar surface area (TPSA) is 63.4 Å². The molecule has 1 fully saturated rings. The van der Waals surface area contributed by atoms with E-state index in [1.807, 2.05) is 52.2 Å². The van der Waals surface area contributed by atoms with Crippen LogP contribution in [0.5, 0.6) is 0 Å². The third kappa shape index (κ3) is 3.04. The molecule has 0 bridgehead atoms. The van der Waals surface area contributed by atoms with Gasteiger partial charge in [-0.1, -0.05) is 12.1 Å². The lowest BCUT2D eigenvalue weighted by molar-refractivity contribution is 0.0706. The molecule has 0 spiro atoms. The van der Waals surface area contributed by atoms with Crippen LogP contribution >= 0.6 is 22.7 Å². The molecule has 0 saturated carbocycles. The zero-order valence-corrected chi connectivity index (χ0v) is 16.1. The first kappa shape index (κ1) is 16.6. The zero-order chi connectivity index (χ0) is 18.2. The molecule has 1 aliphatic heterocycles. The molecule has 0 N–H and O–H groups in total. The number of carbonyl (C=O) groups is 1. The van der Waals surface area contributed by atoms with Crippen LogP contribution in [0.4, 0.5) is 0 Å². The van der Waals surface area contributed by atoms with E-state index in [0.29, 0.717) is 11.6 Å². The molecule has 1 amide bonds. The Hall–Kier alpha value is -2.58. The second kappa shape index (κ2) is 6.86. The van der Waals surface area contributed by atoms with Gasteiger partial charge in [-0.15, -0.1) is 32.9 Å². The van der Waals surface area contributed by atoms with Gasteiger partial charge in [-0.2, -0.15) is 0 Å². The molecule has 0 atom stereocenters. The van der Waals surface area contributed by atoms with Gasteiger partial charge in [0, 0.05) is 30.6 Å². The van der Waals surface area contributed by atoms with Gasteiger partial charge in [0.1, 0.15) is 16.5 Å². The number of thiophene rings is 1. The smallest absolute Gasteiger partial charge is 0.273 e. The first-order valence-corrected chi connectivity index (χ1v) is 10.6. The number of hydrogen-bond donors (Lipinski definition) is 0. The Morgan fingerprint density at radius 2 is 1.96 bits per heavy atom. The number of aromatic nitrogens is 4. The van der Waals surface area contributed by atoms with Crippen molar-refractivity contribution in [1.29, 1.82) is 0 Å². The predicted molar refractivity (Wildman–Crippen MR) is 106 cm³/mol.